The summed E-state index contributed by atoms with van der Waals surface area (Å²) in [6.45, 7) is 8.29. The highest BCUT2D eigenvalue weighted by atomic mass is 16.3. The van der Waals surface area contributed by atoms with Crippen molar-refractivity contribution < 1.29 is 5.11 Å². The number of hydrogen-bond acceptors (Lipinski definition) is 2. The van der Waals surface area contributed by atoms with E-state index in [2.05, 4.69) is 38.9 Å². The van der Waals surface area contributed by atoms with Gasteiger partial charge in [0.05, 0.1) is 11.8 Å². The molecule has 1 atom stereocenters. The van der Waals surface area contributed by atoms with Gasteiger partial charge in [-0.05, 0) is 39.3 Å². The lowest BCUT2D eigenvalue weighted by Gasteiger charge is -2.11. The molecule has 0 amide bonds. The average molecular weight is 258 g/mol. The van der Waals surface area contributed by atoms with Crippen LogP contribution in [0.4, 0.5) is 0 Å². The number of hydrogen-bond donors (Lipinski definition) is 1. The molecule has 0 saturated carbocycles. The van der Waals surface area contributed by atoms with Gasteiger partial charge in [-0.1, -0.05) is 29.3 Å². The zero-order chi connectivity index (χ0) is 14.0. The van der Waals surface area contributed by atoms with Crippen molar-refractivity contribution in [3.8, 4) is 0 Å². The van der Waals surface area contributed by atoms with Crippen molar-refractivity contribution >= 4 is 0 Å². The molecule has 0 spiro atoms. The number of aliphatic hydroxyl groups excluding tert-OH is 1. The first-order valence-corrected chi connectivity index (χ1v) is 6.76. The maximum atomic E-state index is 10.3. The van der Waals surface area contributed by atoms with Crippen LogP contribution >= 0.6 is 0 Å². The number of aliphatic hydroxyl groups is 1. The highest BCUT2D eigenvalue weighted by Gasteiger charge is 2.12. The molecule has 1 unspecified atom stereocenters. The van der Waals surface area contributed by atoms with E-state index in [1.165, 1.54) is 11.1 Å². The molecule has 1 N–H and O–H groups in total. The van der Waals surface area contributed by atoms with Crippen LogP contribution in [0.3, 0.4) is 0 Å². The smallest absolute Gasteiger partial charge is 0.0846 e. The van der Waals surface area contributed by atoms with Gasteiger partial charge in [-0.15, -0.1) is 0 Å². The van der Waals surface area contributed by atoms with Crippen molar-refractivity contribution in [2.24, 2.45) is 0 Å². The molecular weight excluding hydrogens is 236 g/mol. The third-order valence-corrected chi connectivity index (χ3v) is 3.22. The Morgan fingerprint density at radius 2 is 1.79 bits per heavy atom. The minimum atomic E-state index is -0.492. The average Bonchev–Trinajstić information content (AvgIpc) is 2.76. The van der Waals surface area contributed by atoms with Crippen LogP contribution in [0.2, 0.25) is 0 Å². The van der Waals surface area contributed by atoms with Gasteiger partial charge >= 0.3 is 0 Å². The third-order valence-electron chi connectivity index (χ3n) is 3.22. The molecule has 0 fully saturated rings. The minimum Gasteiger partial charge on any atom is -0.388 e. The second kappa shape index (κ2) is 5.57. The fourth-order valence-electron chi connectivity index (χ4n) is 2.29. The minimum absolute atomic E-state index is 0.354. The predicted octanol–water partition coefficient (Wildman–Crippen LogP) is 3.36. The SMILES string of the molecule is Cc1cc(C)cc(C(O)Cc2ccn(C(C)C)n2)c1. The molecule has 1 aromatic carbocycles. The molecule has 3 nitrogen and oxygen atoms in total. The monoisotopic (exact) mass is 258 g/mol. The summed E-state index contributed by atoms with van der Waals surface area (Å²) in [6, 6.07) is 8.52. The zero-order valence-electron chi connectivity index (χ0n) is 12.1. The largest absolute Gasteiger partial charge is 0.388 e. The van der Waals surface area contributed by atoms with Crippen LogP contribution in [-0.2, 0) is 6.42 Å². The van der Waals surface area contributed by atoms with Gasteiger partial charge in [0.2, 0.25) is 0 Å². The summed E-state index contributed by atoms with van der Waals surface area (Å²) < 4.78 is 1.92. The molecule has 2 aromatic rings. The first-order valence-electron chi connectivity index (χ1n) is 6.76. The number of benzene rings is 1. The van der Waals surface area contributed by atoms with E-state index >= 15 is 0 Å². The number of rotatable bonds is 4. The van der Waals surface area contributed by atoms with Crippen LogP contribution in [0.25, 0.3) is 0 Å². The molecule has 0 aliphatic rings. The molecule has 0 aliphatic carbocycles. The first kappa shape index (κ1) is 13.8. The van der Waals surface area contributed by atoms with Crippen molar-refractivity contribution in [2.45, 2.75) is 46.3 Å². The van der Waals surface area contributed by atoms with Crippen molar-refractivity contribution in [1.29, 1.82) is 0 Å². The number of aromatic nitrogens is 2. The van der Waals surface area contributed by atoms with Gasteiger partial charge in [0.15, 0.2) is 0 Å². The molecule has 3 heteroatoms. The summed E-state index contributed by atoms with van der Waals surface area (Å²) in [4.78, 5) is 0. The standard InChI is InChI=1S/C16H22N2O/c1-11(2)18-6-5-15(17-18)10-16(19)14-8-12(3)7-13(4)9-14/h5-9,11,16,19H,10H2,1-4H3. The summed E-state index contributed by atoms with van der Waals surface area (Å²) >= 11 is 0. The molecule has 19 heavy (non-hydrogen) atoms. The van der Waals surface area contributed by atoms with E-state index in [0.717, 1.165) is 11.3 Å². The maximum absolute atomic E-state index is 10.3. The van der Waals surface area contributed by atoms with Gasteiger partial charge < -0.3 is 5.11 Å². The van der Waals surface area contributed by atoms with Gasteiger partial charge in [0, 0.05) is 18.7 Å². The van der Waals surface area contributed by atoms with Gasteiger partial charge in [0.25, 0.3) is 0 Å². The number of aryl methyl sites for hydroxylation is 2. The van der Waals surface area contributed by atoms with E-state index in [1.54, 1.807) is 0 Å². The lowest BCUT2D eigenvalue weighted by molar-refractivity contribution is 0.176. The van der Waals surface area contributed by atoms with Gasteiger partial charge in [0.1, 0.15) is 0 Å². The van der Waals surface area contributed by atoms with Crippen molar-refractivity contribution in [2.75, 3.05) is 0 Å². The number of nitrogens with zero attached hydrogens (tertiary/aromatic N) is 2. The lowest BCUT2D eigenvalue weighted by atomic mass is 10.0. The van der Waals surface area contributed by atoms with Crippen molar-refractivity contribution in [1.82, 2.24) is 9.78 Å². The summed E-state index contributed by atoms with van der Waals surface area (Å²) in [5.74, 6) is 0. The lowest BCUT2D eigenvalue weighted by Crippen LogP contribution is -2.06. The zero-order valence-corrected chi connectivity index (χ0v) is 12.1. The summed E-state index contributed by atoms with van der Waals surface area (Å²) in [5.41, 5.74) is 4.26. The molecule has 1 heterocycles. The van der Waals surface area contributed by atoms with Gasteiger partial charge in [-0.2, -0.15) is 5.10 Å². The van der Waals surface area contributed by atoms with E-state index in [-0.39, 0.29) is 0 Å². The molecule has 0 aliphatic heterocycles. The van der Waals surface area contributed by atoms with Crippen molar-refractivity contribution in [3.05, 3.63) is 52.8 Å². The van der Waals surface area contributed by atoms with Crippen LogP contribution in [0, 0.1) is 13.8 Å². The summed E-state index contributed by atoms with van der Waals surface area (Å²) in [5, 5.41) is 14.8. The second-order valence-corrected chi connectivity index (χ2v) is 5.52. The molecular formula is C16H22N2O. The molecule has 102 valence electrons. The van der Waals surface area contributed by atoms with Gasteiger partial charge in [-0.3, -0.25) is 4.68 Å². The topological polar surface area (TPSA) is 38.0 Å². The van der Waals surface area contributed by atoms with Crippen LogP contribution < -0.4 is 0 Å². The highest BCUT2D eigenvalue weighted by Crippen LogP contribution is 2.20. The van der Waals surface area contributed by atoms with Crippen LogP contribution in [-0.4, -0.2) is 14.9 Å². The Kier molecular flexibility index (Phi) is 4.05. The Morgan fingerprint density at radius 3 is 2.32 bits per heavy atom. The quantitative estimate of drug-likeness (QED) is 0.913. The van der Waals surface area contributed by atoms with E-state index in [1.807, 2.05) is 29.1 Å². The molecule has 2 rings (SSSR count). The Labute approximate surface area is 114 Å². The molecule has 0 saturated heterocycles. The Morgan fingerprint density at radius 1 is 1.16 bits per heavy atom. The van der Waals surface area contributed by atoms with E-state index in [4.69, 9.17) is 0 Å². The third kappa shape index (κ3) is 3.44. The first-order chi connectivity index (χ1) is 8.95. The Hall–Kier alpha value is -1.61. The molecule has 0 radical (unpaired) electrons. The van der Waals surface area contributed by atoms with E-state index in [0.29, 0.717) is 12.5 Å². The molecule has 1 aromatic heterocycles. The fourth-order valence-corrected chi connectivity index (χ4v) is 2.29. The van der Waals surface area contributed by atoms with E-state index < -0.39 is 6.10 Å². The fraction of sp³-hybridized carbons (Fsp3) is 0.438. The van der Waals surface area contributed by atoms with Crippen LogP contribution in [0.1, 0.15) is 48.4 Å². The molecule has 0 bridgehead atoms. The summed E-state index contributed by atoms with van der Waals surface area (Å²) in [6.07, 6.45) is 2.03. The van der Waals surface area contributed by atoms with Crippen molar-refractivity contribution in [3.63, 3.8) is 0 Å². The highest BCUT2D eigenvalue weighted by molar-refractivity contribution is 5.30. The summed E-state index contributed by atoms with van der Waals surface area (Å²) in [7, 11) is 0. The van der Waals surface area contributed by atoms with Gasteiger partial charge in [-0.25, -0.2) is 0 Å². The van der Waals surface area contributed by atoms with Crippen LogP contribution in [0.5, 0.6) is 0 Å². The maximum Gasteiger partial charge on any atom is 0.0846 e. The Bertz CT molecular complexity index is 537. The normalized spacial score (nSPS) is 12.9. The Balaban J connectivity index is 2.13. The van der Waals surface area contributed by atoms with Crippen LogP contribution in [0.15, 0.2) is 30.5 Å². The second-order valence-electron chi connectivity index (χ2n) is 5.52. The van der Waals surface area contributed by atoms with E-state index in [9.17, 15) is 5.11 Å². The predicted molar refractivity (Wildman–Crippen MR) is 77.2 cm³/mol.